The van der Waals surface area contributed by atoms with Crippen LogP contribution in [0.4, 0.5) is 5.82 Å². The van der Waals surface area contributed by atoms with Gasteiger partial charge in [-0.15, -0.1) is 0 Å². The Morgan fingerprint density at radius 1 is 1.28 bits per heavy atom. The van der Waals surface area contributed by atoms with Crippen LogP contribution in [0.3, 0.4) is 0 Å². The summed E-state index contributed by atoms with van der Waals surface area (Å²) in [7, 11) is 3.20. The number of hydrogen-bond acceptors (Lipinski definition) is 5. The molecule has 3 heterocycles. The summed E-state index contributed by atoms with van der Waals surface area (Å²) in [5.74, 6) is 1.43. The van der Waals surface area contributed by atoms with Gasteiger partial charge in [0.1, 0.15) is 5.82 Å². The first kappa shape index (κ1) is 17.4. The number of aryl methyl sites for hydroxylation is 2. The van der Waals surface area contributed by atoms with Gasteiger partial charge in [-0.05, 0) is 37.9 Å². The van der Waals surface area contributed by atoms with Crippen LogP contribution in [-0.4, -0.2) is 38.7 Å². The molecule has 1 saturated heterocycles. The predicted octanol–water partition coefficient (Wildman–Crippen LogP) is 0.721. The normalized spacial score (nSPS) is 17.8. The minimum absolute atomic E-state index is 0.200. The Morgan fingerprint density at radius 3 is 2.84 bits per heavy atom. The molecule has 1 aliphatic heterocycles. The Balaban J connectivity index is 1.58. The maximum Gasteiger partial charge on any atom is 0.330 e. The Morgan fingerprint density at radius 2 is 2.08 bits per heavy atom. The van der Waals surface area contributed by atoms with E-state index >= 15 is 0 Å². The highest BCUT2D eigenvalue weighted by molar-refractivity contribution is 5.35. The molecule has 1 unspecified atom stereocenters. The lowest BCUT2D eigenvalue weighted by atomic mass is 10.1. The van der Waals surface area contributed by atoms with Gasteiger partial charge in [0, 0.05) is 51.2 Å². The molecule has 1 aliphatic rings. The molecule has 2 aromatic heterocycles. The molecule has 2 aromatic rings. The first-order valence-corrected chi connectivity index (χ1v) is 8.59. The number of nitrogens with one attached hydrogen (secondary N) is 1. The van der Waals surface area contributed by atoms with Crippen LogP contribution in [0.1, 0.15) is 17.7 Å². The van der Waals surface area contributed by atoms with Crippen LogP contribution in [0.25, 0.3) is 0 Å². The van der Waals surface area contributed by atoms with Crippen molar-refractivity contribution in [3.63, 3.8) is 0 Å². The number of anilines is 1. The van der Waals surface area contributed by atoms with Crippen molar-refractivity contribution in [2.45, 2.75) is 19.9 Å². The summed E-state index contributed by atoms with van der Waals surface area (Å²) in [6.07, 6.45) is 2.75. The molecule has 134 valence electrons. The van der Waals surface area contributed by atoms with E-state index in [9.17, 15) is 9.59 Å². The molecule has 3 rings (SSSR count). The van der Waals surface area contributed by atoms with Crippen LogP contribution in [0.5, 0.6) is 0 Å². The van der Waals surface area contributed by atoms with Gasteiger partial charge in [0.25, 0.3) is 5.56 Å². The molecule has 1 N–H and O–H groups in total. The molecule has 0 aliphatic carbocycles. The zero-order valence-corrected chi connectivity index (χ0v) is 15.0. The molecule has 1 fully saturated rings. The lowest BCUT2D eigenvalue weighted by Gasteiger charge is -2.17. The first-order chi connectivity index (χ1) is 11.9. The molecular weight excluding hydrogens is 318 g/mol. The third-order valence-electron chi connectivity index (χ3n) is 4.74. The number of pyridine rings is 1. The minimum atomic E-state index is -0.289. The van der Waals surface area contributed by atoms with Gasteiger partial charge in [0.05, 0.1) is 0 Å². The highest BCUT2D eigenvalue weighted by Gasteiger charge is 2.23. The van der Waals surface area contributed by atoms with E-state index < -0.39 is 0 Å². The molecule has 0 saturated carbocycles. The van der Waals surface area contributed by atoms with Gasteiger partial charge in [-0.25, -0.2) is 9.78 Å². The smallest absolute Gasteiger partial charge is 0.330 e. The highest BCUT2D eigenvalue weighted by Crippen LogP contribution is 2.18. The number of hydrogen-bond donors (Lipinski definition) is 1. The maximum atomic E-state index is 12.3. The second-order valence-corrected chi connectivity index (χ2v) is 6.85. The number of aromatic nitrogens is 3. The fourth-order valence-corrected chi connectivity index (χ4v) is 3.35. The highest BCUT2D eigenvalue weighted by atomic mass is 16.2. The van der Waals surface area contributed by atoms with E-state index in [4.69, 9.17) is 0 Å². The Bertz CT molecular complexity index is 871. The van der Waals surface area contributed by atoms with E-state index in [-0.39, 0.29) is 11.2 Å². The van der Waals surface area contributed by atoms with Crippen molar-refractivity contribution in [1.82, 2.24) is 19.0 Å². The quantitative estimate of drug-likeness (QED) is 0.866. The van der Waals surface area contributed by atoms with Crippen molar-refractivity contribution >= 4 is 5.82 Å². The summed E-state index contributed by atoms with van der Waals surface area (Å²) in [5.41, 5.74) is 1.18. The van der Waals surface area contributed by atoms with E-state index in [0.29, 0.717) is 18.0 Å². The summed E-state index contributed by atoms with van der Waals surface area (Å²) < 4.78 is 2.64. The summed E-state index contributed by atoms with van der Waals surface area (Å²) in [5, 5.41) is 3.40. The van der Waals surface area contributed by atoms with E-state index in [1.165, 1.54) is 16.2 Å². The van der Waals surface area contributed by atoms with Crippen LogP contribution in [0.2, 0.25) is 0 Å². The van der Waals surface area contributed by atoms with E-state index in [1.54, 1.807) is 13.2 Å². The fourth-order valence-electron chi connectivity index (χ4n) is 3.35. The second-order valence-electron chi connectivity index (χ2n) is 6.85. The summed E-state index contributed by atoms with van der Waals surface area (Å²) >= 11 is 0. The van der Waals surface area contributed by atoms with Crippen LogP contribution >= 0.6 is 0 Å². The largest absolute Gasteiger partial charge is 0.370 e. The molecule has 1 atom stereocenters. The van der Waals surface area contributed by atoms with E-state index in [0.717, 1.165) is 37.6 Å². The zero-order chi connectivity index (χ0) is 18.0. The Hall–Kier alpha value is -2.41. The molecule has 0 radical (unpaired) electrons. The lowest BCUT2D eigenvalue weighted by Crippen LogP contribution is -2.40. The van der Waals surface area contributed by atoms with Crippen LogP contribution in [0.15, 0.2) is 34.0 Å². The third kappa shape index (κ3) is 3.99. The van der Waals surface area contributed by atoms with Crippen LogP contribution in [0, 0.1) is 12.8 Å². The molecule has 0 bridgehead atoms. The minimum Gasteiger partial charge on any atom is -0.370 e. The molecule has 0 aromatic carbocycles. The number of likely N-dealkylation sites (tertiary alicyclic amines) is 1. The van der Waals surface area contributed by atoms with Crippen LogP contribution < -0.4 is 16.6 Å². The predicted molar refractivity (Wildman–Crippen MR) is 97.8 cm³/mol. The lowest BCUT2D eigenvalue weighted by molar-refractivity contribution is 0.315. The van der Waals surface area contributed by atoms with Gasteiger partial charge in [0.2, 0.25) is 0 Å². The van der Waals surface area contributed by atoms with Gasteiger partial charge in [-0.2, -0.15) is 0 Å². The van der Waals surface area contributed by atoms with Gasteiger partial charge < -0.3 is 9.88 Å². The molecule has 7 heteroatoms. The second kappa shape index (κ2) is 7.23. The first-order valence-electron chi connectivity index (χ1n) is 8.59. The average molecular weight is 343 g/mol. The maximum absolute atomic E-state index is 12.3. The van der Waals surface area contributed by atoms with Crippen LogP contribution in [-0.2, 0) is 20.6 Å². The SMILES string of the molecule is Cc1cccc(NCC2CCN(Cc3cn(C)c(=O)n(C)c3=O)C2)n1. The monoisotopic (exact) mass is 343 g/mol. The standard InChI is InChI=1S/C18H25N5O2/c1-13-5-4-6-16(20-13)19-9-14-7-8-23(10-14)12-15-11-21(2)18(25)22(3)17(15)24/h4-6,11,14H,7-10,12H2,1-3H3,(H,19,20). The number of rotatable bonds is 5. The Kier molecular flexibility index (Phi) is 5.03. The molecule has 0 amide bonds. The van der Waals surface area contributed by atoms with Crippen molar-refractivity contribution in [2.75, 3.05) is 25.0 Å². The van der Waals surface area contributed by atoms with E-state index in [2.05, 4.69) is 15.2 Å². The van der Waals surface area contributed by atoms with Gasteiger partial charge in [0.15, 0.2) is 0 Å². The molecule has 25 heavy (non-hydrogen) atoms. The Labute approximate surface area is 146 Å². The van der Waals surface area contributed by atoms with Crippen molar-refractivity contribution in [1.29, 1.82) is 0 Å². The van der Waals surface area contributed by atoms with Gasteiger partial charge in [-0.1, -0.05) is 6.07 Å². The topological polar surface area (TPSA) is 72.2 Å². The zero-order valence-electron chi connectivity index (χ0n) is 15.0. The van der Waals surface area contributed by atoms with Crippen molar-refractivity contribution in [3.8, 4) is 0 Å². The van der Waals surface area contributed by atoms with E-state index in [1.807, 2.05) is 25.1 Å². The molecule has 0 spiro atoms. The summed E-state index contributed by atoms with van der Waals surface area (Å²) in [4.78, 5) is 30.8. The molecule has 7 nitrogen and oxygen atoms in total. The van der Waals surface area contributed by atoms with Crippen molar-refractivity contribution < 1.29 is 0 Å². The number of nitrogens with zero attached hydrogens (tertiary/aromatic N) is 4. The third-order valence-corrected chi connectivity index (χ3v) is 4.74. The average Bonchev–Trinajstić information content (AvgIpc) is 3.03. The van der Waals surface area contributed by atoms with Crippen molar-refractivity contribution in [3.05, 3.63) is 56.5 Å². The van der Waals surface area contributed by atoms with Gasteiger partial charge in [-0.3, -0.25) is 14.3 Å². The fraction of sp³-hybridized carbons (Fsp3) is 0.500. The van der Waals surface area contributed by atoms with Gasteiger partial charge >= 0.3 is 5.69 Å². The summed E-state index contributed by atoms with van der Waals surface area (Å²) in [6, 6.07) is 5.96. The van der Waals surface area contributed by atoms with Crippen molar-refractivity contribution in [2.24, 2.45) is 20.0 Å². The molecular formula is C18H25N5O2. The summed E-state index contributed by atoms with van der Waals surface area (Å²) in [6.45, 7) is 5.33.